The molecule has 1 fully saturated rings. The first-order chi connectivity index (χ1) is 12.1. The number of carbonyl (C=O) groups is 1. The topological polar surface area (TPSA) is 62.6 Å². The third kappa shape index (κ3) is 4.08. The number of halogens is 1. The normalized spacial score (nSPS) is 15.2. The summed E-state index contributed by atoms with van der Waals surface area (Å²) in [4.78, 5) is 16.3. The molecule has 0 radical (unpaired) electrons. The number of aromatic nitrogens is 2. The van der Waals surface area contributed by atoms with Crippen LogP contribution >= 0.6 is 0 Å². The Hall–Kier alpha value is -2.61. The fraction of sp³-hybridized carbons (Fsp3) is 0.412. The highest BCUT2D eigenvalue weighted by Gasteiger charge is 2.22. The van der Waals surface area contributed by atoms with Crippen LogP contribution in [0.5, 0.6) is 5.75 Å². The number of hydrogen-bond acceptors (Lipinski definition) is 4. The van der Waals surface area contributed by atoms with E-state index in [4.69, 9.17) is 4.74 Å². The Morgan fingerprint density at radius 1 is 1.28 bits per heavy atom. The van der Waals surface area contributed by atoms with E-state index in [-0.39, 0.29) is 17.6 Å². The molecule has 134 valence electrons. The Morgan fingerprint density at radius 2 is 2.04 bits per heavy atom. The summed E-state index contributed by atoms with van der Waals surface area (Å²) in [5.41, 5.74) is 0.895. The molecule has 1 saturated heterocycles. The largest absolute Gasteiger partial charge is 0.494 e. The van der Waals surface area contributed by atoms with Crippen molar-refractivity contribution in [3.63, 3.8) is 0 Å². The van der Waals surface area contributed by atoms with Gasteiger partial charge in [-0.2, -0.15) is 5.10 Å². The van der Waals surface area contributed by atoms with Crippen molar-refractivity contribution in [1.29, 1.82) is 0 Å². The average molecular weight is 347 g/mol. The summed E-state index contributed by atoms with van der Waals surface area (Å²) in [6.07, 6.45) is 1.64. The van der Waals surface area contributed by atoms with Crippen LogP contribution < -0.4 is 10.1 Å². The minimum Gasteiger partial charge on any atom is -0.494 e. The zero-order valence-electron chi connectivity index (χ0n) is 14.4. The van der Waals surface area contributed by atoms with E-state index in [1.807, 2.05) is 6.07 Å². The predicted octanol–water partition coefficient (Wildman–Crippen LogP) is 1.92. The van der Waals surface area contributed by atoms with Crippen LogP contribution in [0.3, 0.4) is 0 Å². The van der Waals surface area contributed by atoms with Crippen LogP contribution in [-0.4, -0.2) is 58.9 Å². The molecule has 1 aliphatic rings. The lowest BCUT2D eigenvalue weighted by atomic mass is 10.2. The number of nitrogens with one attached hydrogen (secondary N) is 1. The maximum atomic E-state index is 13.8. The molecule has 2 heterocycles. The van der Waals surface area contributed by atoms with Crippen molar-refractivity contribution in [2.24, 2.45) is 7.05 Å². The Morgan fingerprint density at radius 3 is 2.64 bits per heavy atom. The van der Waals surface area contributed by atoms with Gasteiger partial charge in [-0.3, -0.25) is 14.9 Å². The zero-order chi connectivity index (χ0) is 17.8. The van der Waals surface area contributed by atoms with E-state index in [2.05, 4.69) is 15.3 Å². The molecule has 0 spiro atoms. The fourth-order valence-corrected chi connectivity index (χ4v) is 2.86. The van der Waals surface area contributed by atoms with Crippen molar-refractivity contribution >= 4 is 11.8 Å². The van der Waals surface area contributed by atoms with Gasteiger partial charge < -0.3 is 9.64 Å². The highest BCUT2D eigenvalue weighted by Crippen LogP contribution is 2.19. The number of benzene rings is 1. The van der Waals surface area contributed by atoms with E-state index >= 15 is 0 Å². The molecule has 2 amide bonds. The molecule has 1 aromatic carbocycles. The van der Waals surface area contributed by atoms with Crippen molar-refractivity contribution in [3.05, 3.63) is 41.8 Å². The van der Waals surface area contributed by atoms with E-state index in [0.717, 1.165) is 18.7 Å². The highest BCUT2D eigenvalue weighted by molar-refractivity contribution is 5.88. The Labute approximate surface area is 146 Å². The van der Waals surface area contributed by atoms with E-state index in [0.29, 0.717) is 25.5 Å². The maximum absolute atomic E-state index is 13.8. The molecule has 0 atom stereocenters. The van der Waals surface area contributed by atoms with Crippen LogP contribution in [0.25, 0.3) is 0 Å². The molecule has 0 aliphatic carbocycles. The number of anilines is 1. The molecule has 0 saturated carbocycles. The number of methoxy groups -OCH3 is 1. The lowest BCUT2D eigenvalue weighted by Gasteiger charge is -2.34. The lowest BCUT2D eigenvalue weighted by molar-refractivity contribution is 0.142. The number of ether oxygens (including phenoxy) is 1. The van der Waals surface area contributed by atoms with Gasteiger partial charge in [0.2, 0.25) is 0 Å². The third-order valence-electron chi connectivity index (χ3n) is 4.34. The highest BCUT2D eigenvalue weighted by atomic mass is 19.1. The number of nitrogens with zero attached hydrogens (tertiary/aromatic N) is 4. The Kier molecular flexibility index (Phi) is 5.18. The average Bonchev–Trinajstić information content (AvgIpc) is 3.00. The quantitative estimate of drug-likeness (QED) is 0.918. The second-order valence-electron chi connectivity index (χ2n) is 6.00. The van der Waals surface area contributed by atoms with Crippen LogP contribution in [0.4, 0.5) is 15.0 Å². The third-order valence-corrected chi connectivity index (χ3v) is 4.34. The molecule has 1 N–H and O–H groups in total. The van der Waals surface area contributed by atoms with Crippen LogP contribution in [0.1, 0.15) is 5.56 Å². The molecule has 1 aliphatic heterocycles. The minimum absolute atomic E-state index is 0.126. The van der Waals surface area contributed by atoms with Gasteiger partial charge in [0.05, 0.1) is 13.3 Å². The number of carbonyl (C=O) groups excluding carboxylic acids is 1. The molecular formula is C17H22FN5O2. The van der Waals surface area contributed by atoms with Gasteiger partial charge in [0, 0.05) is 45.8 Å². The molecule has 3 rings (SSSR count). The van der Waals surface area contributed by atoms with Crippen LogP contribution in [0.15, 0.2) is 30.5 Å². The summed E-state index contributed by atoms with van der Waals surface area (Å²) in [6, 6.07) is 6.64. The monoisotopic (exact) mass is 347 g/mol. The van der Waals surface area contributed by atoms with E-state index < -0.39 is 0 Å². The van der Waals surface area contributed by atoms with Crippen molar-refractivity contribution in [2.45, 2.75) is 6.54 Å². The molecule has 25 heavy (non-hydrogen) atoms. The van der Waals surface area contributed by atoms with Crippen molar-refractivity contribution < 1.29 is 13.9 Å². The van der Waals surface area contributed by atoms with Gasteiger partial charge in [0.15, 0.2) is 11.6 Å². The van der Waals surface area contributed by atoms with E-state index in [9.17, 15) is 9.18 Å². The van der Waals surface area contributed by atoms with Crippen molar-refractivity contribution in [1.82, 2.24) is 19.6 Å². The van der Waals surface area contributed by atoms with Gasteiger partial charge in [-0.05, 0) is 17.7 Å². The first-order valence-electron chi connectivity index (χ1n) is 8.15. The first kappa shape index (κ1) is 17.2. The molecule has 0 bridgehead atoms. The first-order valence-corrected chi connectivity index (χ1v) is 8.15. The number of piperazine rings is 1. The molecule has 0 unspecified atom stereocenters. The van der Waals surface area contributed by atoms with Gasteiger partial charge in [-0.25, -0.2) is 9.18 Å². The standard InChI is InChI=1S/C17H22FN5O2/c1-21-16(5-6-19-21)20-17(24)23-9-7-22(8-10-23)12-13-3-4-15(25-2)14(18)11-13/h3-6,11H,7-10,12H2,1-2H3,(H,20,24). The second-order valence-corrected chi connectivity index (χ2v) is 6.00. The van der Waals surface area contributed by atoms with E-state index in [1.165, 1.54) is 13.2 Å². The summed E-state index contributed by atoms with van der Waals surface area (Å²) >= 11 is 0. The number of rotatable bonds is 4. The van der Waals surface area contributed by atoms with Gasteiger partial charge in [-0.15, -0.1) is 0 Å². The number of urea groups is 1. The Balaban J connectivity index is 1.51. The van der Waals surface area contributed by atoms with Crippen molar-refractivity contribution in [2.75, 3.05) is 38.6 Å². The number of hydrogen-bond donors (Lipinski definition) is 1. The second kappa shape index (κ2) is 7.52. The van der Waals surface area contributed by atoms with Crippen LogP contribution in [0, 0.1) is 5.82 Å². The molecule has 1 aromatic heterocycles. The smallest absolute Gasteiger partial charge is 0.323 e. The van der Waals surface area contributed by atoms with Gasteiger partial charge in [-0.1, -0.05) is 6.07 Å². The number of aryl methyl sites for hydroxylation is 1. The van der Waals surface area contributed by atoms with Crippen LogP contribution in [-0.2, 0) is 13.6 Å². The predicted molar refractivity (Wildman–Crippen MR) is 92.0 cm³/mol. The molecule has 7 nitrogen and oxygen atoms in total. The summed E-state index contributed by atoms with van der Waals surface area (Å²) in [5.74, 6) is 0.565. The van der Waals surface area contributed by atoms with Gasteiger partial charge in [0.1, 0.15) is 5.82 Å². The molecule has 2 aromatic rings. The summed E-state index contributed by atoms with van der Waals surface area (Å²) < 4.78 is 20.3. The van der Waals surface area contributed by atoms with Crippen molar-refractivity contribution in [3.8, 4) is 5.75 Å². The van der Waals surface area contributed by atoms with Gasteiger partial charge in [0.25, 0.3) is 0 Å². The zero-order valence-corrected chi connectivity index (χ0v) is 14.4. The summed E-state index contributed by atoms with van der Waals surface area (Å²) in [6.45, 7) is 3.39. The van der Waals surface area contributed by atoms with E-state index in [1.54, 1.807) is 35.0 Å². The minimum atomic E-state index is -0.353. The number of amides is 2. The maximum Gasteiger partial charge on any atom is 0.323 e. The summed E-state index contributed by atoms with van der Waals surface area (Å²) in [5, 5.41) is 6.88. The van der Waals surface area contributed by atoms with Crippen LogP contribution in [0.2, 0.25) is 0 Å². The fourth-order valence-electron chi connectivity index (χ4n) is 2.86. The SMILES string of the molecule is COc1ccc(CN2CCN(C(=O)Nc3ccnn3C)CC2)cc1F. The molecule has 8 heteroatoms. The lowest BCUT2D eigenvalue weighted by Crippen LogP contribution is -2.49. The Bertz CT molecular complexity index is 740. The van der Waals surface area contributed by atoms with Gasteiger partial charge >= 0.3 is 6.03 Å². The molecular weight excluding hydrogens is 325 g/mol. The summed E-state index contributed by atoms with van der Waals surface area (Å²) in [7, 11) is 3.23.